The minimum absolute atomic E-state index is 0.00816. The molecule has 0 amide bonds. The monoisotopic (exact) mass is 614 g/mol. The number of hydrogen-bond acceptors (Lipinski definition) is 9. The number of sulfonamides is 1. The summed E-state index contributed by atoms with van der Waals surface area (Å²) in [5.41, 5.74) is 2.91. The van der Waals surface area contributed by atoms with Gasteiger partial charge in [0.2, 0.25) is 15.9 Å². The lowest BCUT2D eigenvalue weighted by molar-refractivity contribution is 0.196. The van der Waals surface area contributed by atoms with Crippen LogP contribution in [0.4, 0.5) is 0 Å². The number of benzene rings is 1. The molecule has 0 spiro atoms. The summed E-state index contributed by atoms with van der Waals surface area (Å²) in [7, 11) is -3.86. The van der Waals surface area contributed by atoms with E-state index in [2.05, 4.69) is 31.9 Å². The molecule has 6 rings (SSSR count). The van der Waals surface area contributed by atoms with Crippen LogP contribution in [0, 0.1) is 0 Å². The zero-order valence-electron chi connectivity index (χ0n) is 24.7. The number of rotatable bonds is 10. The fraction of sp³-hybridized carbons (Fsp3) is 0.323. The number of fused-ring (bicyclic) bond motifs is 1. The van der Waals surface area contributed by atoms with E-state index in [4.69, 9.17) is 9.72 Å². The van der Waals surface area contributed by atoms with Gasteiger partial charge in [0, 0.05) is 32.4 Å². The van der Waals surface area contributed by atoms with Crippen molar-refractivity contribution in [3.05, 3.63) is 94.3 Å². The Morgan fingerprint density at radius 3 is 2.43 bits per heavy atom. The second-order valence-electron chi connectivity index (χ2n) is 10.5. The van der Waals surface area contributed by atoms with Gasteiger partial charge in [-0.25, -0.2) is 18.4 Å². The van der Waals surface area contributed by atoms with E-state index in [0.717, 1.165) is 23.5 Å². The highest BCUT2D eigenvalue weighted by Crippen LogP contribution is 2.31. The van der Waals surface area contributed by atoms with Crippen LogP contribution in [0.2, 0.25) is 0 Å². The van der Waals surface area contributed by atoms with E-state index in [9.17, 15) is 13.2 Å². The summed E-state index contributed by atoms with van der Waals surface area (Å²) in [6.07, 6.45) is 3.58. The Kier molecular flexibility index (Phi) is 8.51. The van der Waals surface area contributed by atoms with Crippen LogP contribution < -0.4 is 10.3 Å². The first-order chi connectivity index (χ1) is 21.4. The molecule has 0 radical (unpaired) electrons. The van der Waals surface area contributed by atoms with Crippen molar-refractivity contribution in [1.82, 2.24) is 38.9 Å². The van der Waals surface area contributed by atoms with E-state index in [1.165, 1.54) is 16.6 Å². The Bertz CT molecular complexity index is 1920. The maximum Gasteiger partial charge on any atom is 0.279 e. The van der Waals surface area contributed by atoms with Gasteiger partial charge in [-0.2, -0.15) is 9.40 Å². The third kappa shape index (κ3) is 5.98. The molecule has 4 aromatic heterocycles. The molecule has 0 bridgehead atoms. The van der Waals surface area contributed by atoms with Gasteiger partial charge in [0.1, 0.15) is 22.8 Å². The van der Waals surface area contributed by atoms with Crippen molar-refractivity contribution in [3.63, 3.8) is 0 Å². The van der Waals surface area contributed by atoms with E-state index in [1.807, 2.05) is 55.5 Å². The van der Waals surface area contributed by atoms with Crippen LogP contribution in [0.25, 0.3) is 22.4 Å². The summed E-state index contributed by atoms with van der Waals surface area (Å²) in [4.78, 5) is 32.1. The van der Waals surface area contributed by atoms with E-state index >= 15 is 0 Å². The number of aromatic nitrogens is 6. The normalized spacial score (nSPS) is 14.7. The van der Waals surface area contributed by atoms with E-state index in [-0.39, 0.29) is 34.3 Å². The van der Waals surface area contributed by atoms with Gasteiger partial charge in [-0.1, -0.05) is 50.2 Å². The van der Waals surface area contributed by atoms with Crippen LogP contribution in [-0.4, -0.2) is 80.1 Å². The van der Waals surface area contributed by atoms with Gasteiger partial charge >= 0.3 is 0 Å². The number of aromatic amines is 1. The van der Waals surface area contributed by atoms with Crippen LogP contribution in [0.5, 0.6) is 5.88 Å². The molecule has 228 valence electrons. The summed E-state index contributed by atoms with van der Waals surface area (Å²) in [5, 5.41) is 4.56. The maximum absolute atomic E-state index is 13.7. The Labute approximate surface area is 255 Å². The minimum atomic E-state index is -3.86. The van der Waals surface area contributed by atoms with Gasteiger partial charge in [0.05, 0.1) is 29.7 Å². The van der Waals surface area contributed by atoms with Crippen molar-refractivity contribution in [2.75, 3.05) is 32.7 Å². The number of pyridine rings is 2. The summed E-state index contributed by atoms with van der Waals surface area (Å²) < 4.78 is 36.8. The number of nitrogens with zero attached hydrogens (tertiary/aromatic N) is 7. The van der Waals surface area contributed by atoms with Crippen molar-refractivity contribution in [2.24, 2.45) is 0 Å². The molecule has 0 atom stereocenters. The zero-order valence-corrected chi connectivity index (χ0v) is 25.5. The molecular formula is C31H34N8O4S. The van der Waals surface area contributed by atoms with Crippen LogP contribution in [0.1, 0.15) is 30.8 Å². The topological polar surface area (TPSA) is 139 Å². The molecular weight excluding hydrogens is 580 g/mol. The molecule has 1 N–H and O–H groups in total. The summed E-state index contributed by atoms with van der Waals surface area (Å²) in [5.74, 6) is 0.308. The van der Waals surface area contributed by atoms with Gasteiger partial charge in [-0.05, 0) is 36.7 Å². The number of aryl methyl sites for hydroxylation is 1. The van der Waals surface area contributed by atoms with Gasteiger partial charge in [-0.15, -0.1) is 0 Å². The molecule has 1 aromatic carbocycles. The average Bonchev–Trinajstić information content (AvgIpc) is 3.42. The van der Waals surface area contributed by atoms with Gasteiger partial charge in [0.15, 0.2) is 5.52 Å². The molecule has 1 saturated heterocycles. The Balaban J connectivity index is 1.43. The number of H-pyrrole nitrogens is 1. The molecule has 5 aromatic rings. The molecule has 0 saturated carbocycles. The summed E-state index contributed by atoms with van der Waals surface area (Å²) >= 11 is 0. The highest BCUT2D eigenvalue weighted by atomic mass is 32.2. The molecule has 44 heavy (non-hydrogen) atoms. The zero-order chi connectivity index (χ0) is 30.7. The SMILES string of the molecule is CCc1c2nc(-c3cc(S(=O)(=O)N4CCN(CC)CC4)cnc3OCc3ccccc3)[nH]c(=O)c2nn1Cc1ccccn1. The summed E-state index contributed by atoms with van der Waals surface area (Å²) in [6, 6.07) is 16.7. The van der Waals surface area contributed by atoms with Crippen molar-refractivity contribution < 1.29 is 13.2 Å². The number of hydrogen-bond donors (Lipinski definition) is 1. The predicted octanol–water partition coefficient (Wildman–Crippen LogP) is 3.09. The predicted molar refractivity (Wildman–Crippen MR) is 166 cm³/mol. The highest BCUT2D eigenvalue weighted by Gasteiger charge is 2.30. The lowest BCUT2D eigenvalue weighted by atomic mass is 10.2. The van der Waals surface area contributed by atoms with Gasteiger partial charge in [0.25, 0.3) is 5.56 Å². The quantitative estimate of drug-likeness (QED) is 0.251. The van der Waals surface area contributed by atoms with E-state index < -0.39 is 15.6 Å². The fourth-order valence-corrected chi connectivity index (χ4v) is 6.73. The number of nitrogens with one attached hydrogen (secondary N) is 1. The first kappa shape index (κ1) is 29.6. The molecule has 12 nitrogen and oxygen atoms in total. The molecule has 5 heterocycles. The lowest BCUT2D eigenvalue weighted by Gasteiger charge is -2.33. The van der Waals surface area contributed by atoms with Gasteiger partial charge in [-0.3, -0.25) is 14.5 Å². The number of likely N-dealkylation sites (N-methyl/N-ethyl adjacent to an activating group) is 1. The molecule has 1 aliphatic rings. The molecule has 13 heteroatoms. The molecule has 0 aliphatic carbocycles. The standard InChI is InChI=1S/C31H34N8O4S/c1-3-26-27-28(36-39(26)20-23-12-8-9-13-32-23)30(40)35-29(34-27)25-18-24(44(41,42)38-16-14-37(4-2)15-17-38)19-33-31(25)43-21-22-10-6-5-7-11-22/h5-13,18-19H,3-4,14-17,20-21H2,1-2H3,(H,34,35,40). The smallest absolute Gasteiger partial charge is 0.279 e. The number of piperazine rings is 1. The third-order valence-electron chi connectivity index (χ3n) is 7.79. The Morgan fingerprint density at radius 1 is 0.955 bits per heavy atom. The Hall–Kier alpha value is -4.46. The first-order valence-electron chi connectivity index (χ1n) is 14.7. The second-order valence-corrected chi connectivity index (χ2v) is 12.5. The highest BCUT2D eigenvalue weighted by molar-refractivity contribution is 7.89. The molecule has 0 unspecified atom stereocenters. The van der Waals surface area contributed by atoms with Crippen molar-refractivity contribution in [1.29, 1.82) is 0 Å². The van der Waals surface area contributed by atoms with Crippen LogP contribution in [-0.2, 0) is 29.6 Å². The lowest BCUT2D eigenvalue weighted by Crippen LogP contribution is -2.48. The maximum atomic E-state index is 13.7. The second kappa shape index (κ2) is 12.6. The van der Waals surface area contributed by atoms with Crippen LogP contribution in [0.15, 0.2) is 76.7 Å². The minimum Gasteiger partial charge on any atom is -0.472 e. The Morgan fingerprint density at radius 2 is 1.73 bits per heavy atom. The fourth-order valence-electron chi connectivity index (χ4n) is 5.34. The van der Waals surface area contributed by atoms with Crippen molar-refractivity contribution in [3.8, 4) is 17.3 Å². The number of ether oxygens (including phenoxy) is 1. The summed E-state index contributed by atoms with van der Waals surface area (Å²) in [6.45, 7) is 7.54. The first-order valence-corrected chi connectivity index (χ1v) is 16.1. The van der Waals surface area contributed by atoms with Gasteiger partial charge < -0.3 is 14.6 Å². The van der Waals surface area contributed by atoms with Crippen LogP contribution >= 0.6 is 0 Å². The van der Waals surface area contributed by atoms with E-state index in [1.54, 1.807) is 10.9 Å². The molecule has 1 aliphatic heterocycles. The largest absolute Gasteiger partial charge is 0.472 e. The van der Waals surface area contributed by atoms with Crippen LogP contribution in [0.3, 0.4) is 0 Å². The van der Waals surface area contributed by atoms with Crippen molar-refractivity contribution >= 4 is 21.1 Å². The van der Waals surface area contributed by atoms with E-state index in [0.29, 0.717) is 44.7 Å². The van der Waals surface area contributed by atoms with Crippen molar-refractivity contribution in [2.45, 2.75) is 38.3 Å². The molecule has 1 fully saturated rings. The average molecular weight is 615 g/mol. The third-order valence-corrected chi connectivity index (χ3v) is 9.65.